The molecule has 1 heterocycles. The maximum atomic E-state index is 9.20. The van der Waals surface area contributed by atoms with E-state index in [2.05, 4.69) is 30.3 Å². The molecule has 0 aromatic rings. The van der Waals surface area contributed by atoms with Crippen molar-refractivity contribution in [2.75, 3.05) is 26.7 Å². The maximum Gasteiger partial charge on any atom is 0.109 e. The van der Waals surface area contributed by atoms with Crippen molar-refractivity contribution in [1.29, 1.82) is 5.26 Å². The molecule has 1 rings (SSSR count). The second kappa shape index (κ2) is 5.33. The Labute approximate surface area is 87.1 Å². The zero-order chi connectivity index (χ0) is 10.4. The van der Waals surface area contributed by atoms with Gasteiger partial charge in [-0.25, -0.2) is 0 Å². The van der Waals surface area contributed by atoms with Gasteiger partial charge in [-0.3, -0.25) is 5.32 Å². The zero-order valence-corrected chi connectivity index (χ0v) is 9.34. The Bertz CT molecular complexity index is 199. The number of likely N-dealkylation sites (tertiary alicyclic amines) is 1. The predicted molar refractivity (Wildman–Crippen MR) is 58.0 cm³/mol. The molecule has 1 saturated heterocycles. The van der Waals surface area contributed by atoms with Crippen molar-refractivity contribution in [2.24, 2.45) is 0 Å². The van der Waals surface area contributed by atoms with Crippen LogP contribution in [0.2, 0.25) is 0 Å². The Balaban J connectivity index is 2.39. The molecule has 0 aliphatic carbocycles. The van der Waals surface area contributed by atoms with E-state index >= 15 is 0 Å². The summed E-state index contributed by atoms with van der Waals surface area (Å²) in [4.78, 5) is 2.29. The quantitative estimate of drug-likeness (QED) is 0.689. The fourth-order valence-electron chi connectivity index (χ4n) is 1.83. The van der Waals surface area contributed by atoms with Crippen LogP contribution in [-0.4, -0.2) is 37.1 Å². The zero-order valence-electron chi connectivity index (χ0n) is 9.34. The molecule has 0 radical (unpaired) electrons. The molecular weight excluding hydrogens is 174 g/mol. The van der Waals surface area contributed by atoms with Crippen LogP contribution in [0.5, 0.6) is 0 Å². The van der Waals surface area contributed by atoms with Gasteiger partial charge in [0, 0.05) is 13.1 Å². The Morgan fingerprint density at radius 1 is 1.43 bits per heavy atom. The van der Waals surface area contributed by atoms with Crippen LogP contribution in [0.3, 0.4) is 0 Å². The van der Waals surface area contributed by atoms with E-state index in [-0.39, 0.29) is 5.54 Å². The molecule has 0 spiro atoms. The molecule has 3 nitrogen and oxygen atoms in total. The molecule has 3 heteroatoms. The summed E-state index contributed by atoms with van der Waals surface area (Å²) >= 11 is 0. The second-order valence-electron chi connectivity index (χ2n) is 4.28. The average Bonchev–Trinajstić information content (AvgIpc) is 2.22. The van der Waals surface area contributed by atoms with Crippen molar-refractivity contribution in [3.05, 3.63) is 0 Å². The van der Waals surface area contributed by atoms with Crippen LogP contribution in [0, 0.1) is 11.3 Å². The lowest BCUT2D eigenvalue weighted by Crippen LogP contribution is -2.51. The minimum atomic E-state index is -0.234. The third-order valence-corrected chi connectivity index (χ3v) is 3.05. The number of hydrogen-bond acceptors (Lipinski definition) is 3. The first-order chi connectivity index (χ1) is 6.72. The molecule has 0 aromatic heterocycles. The Hall–Kier alpha value is -0.590. The van der Waals surface area contributed by atoms with Gasteiger partial charge >= 0.3 is 0 Å². The first-order valence-electron chi connectivity index (χ1n) is 5.57. The molecule has 1 aliphatic heterocycles. The molecule has 0 aromatic carbocycles. The number of unbranched alkanes of at least 4 members (excludes halogenated alkanes) is 1. The number of nitrogens with one attached hydrogen (secondary N) is 1. The summed E-state index contributed by atoms with van der Waals surface area (Å²) in [7, 11) is 2.12. The number of nitrogens with zero attached hydrogens (tertiary/aromatic N) is 2. The van der Waals surface area contributed by atoms with Crippen LogP contribution in [0.15, 0.2) is 0 Å². The molecule has 0 atom stereocenters. The monoisotopic (exact) mass is 195 g/mol. The number of nitriles is 1. The summed E-state index contributed by atoms with van der Waals surface area (Å²) in [5.41, 5.74) is -0.234. The van der Waals surface area contributed by atoms with E-state index in [4.69, 9.17) is 0 Å². The van der Waals surface area contributed by atoms with Crippen LogP contribution in [-0.2, 0) is 0 Å². The summed E-state index contributed by atoms with van der Waals surface area (Å²) in [6.07, 6.45) is 4.28. The minimum absolute atomic E-state index is 0.234. The highest BCUT2D eigenvalue weighted by Gasteiger charge is 2.32. The van der Waals surface area contributed by atoms with Gasteiger partial charge in [0.15, 0.2) is 0 Å². The van der Waals surface area contributed by atoms with Gasteiger partial charge in [0.05, 0.1) is 6.07 Å². The van der Waals surface area contributed by atoms with Crippen molar-refractivity contribution in [3.63, 3.8) is 0 Å². The van der Waals surface area contributed by atoms with E-state index in [9.17, 15) is 5.26 Å². The second-order valence-corrected chi connectivity index (χ2v) is 4.28. The van der Waals surface area contributed by atoms with Crippen LogP contribution in [0.1, 0.15) is 32.6 Å². The number of hydrogen-bond donors (Lipinski definition) is 1. The van der Waals surface area contributed by atoms with Crippen molar-refractivity contribution in [3.8, 4) is 6.07 Å². The van der Waals surface area contributed by atoms with E-state index in [0.717, 1.165) is 32.5 Å². The fraction of sp³-hybridized carbons (Fsp3) is 0.909. The van der Waals surface area contributed by atoms with Gasteiger partial charge in [-0.2, -0.15) is 5.26 Å². The molecule has 1 N–H and O–H groups in total. The highest BCUT2D eigenvalue weighted by Crippen LogP contribution is 2.20. The van der Waals surface area contributed by atoms with Crippen LogP contribution in [0.4, 0.5) is 0 Å². The van der Waals surface area contributed by atoms with Crippen LogP contribution in [0.25, 0.3) is 0 Å². The topological polar surface area (TPSA) is 39.1 Å². The van der Waals surface area contributed by atoms with Crippen molar-refractivity contribution in [1.82, 2.24) is 10.2 Å². The maximum absolute atomic E-state index is 9.20. The molecule has 0 bridgehead atoms. The lowest BCUT2D eigenvalue weighted by molar-refractivity contribution is 0.195. The SMILES string of the molecule is CCCCNC1(C#N)CCN(C)CC1. The molecule has 1 fully saturated rings. The summed E-state index contributed by atoms with van der Waals surface area (Å²) in [6.45, 7) is 5.22. The van der Waals surface area contributed by atoms with E-state index in [1.165, 1.54) is 12.8 Å². The van der Waals surface area contributed by atoms with Gasteiger partial charge in [-0.05, 0) is 32.9 Å². The van der Waals surface area contributed by atoms with Gasteiger partial charge < -0.3 is 4.90 Å². The molecule has 80 valence electrons. The first-order valence-corrected chi connectivity index (χ1v) is 5.57. The van der Waals surface area contributed by atoms with Gasteiger partial charge in [-0.1, -0.05) is 13.3 Å². The van der Waals surface area contributed by atoms with Crippen molar-refractivity contribution in [2.45, 2.75) is 38.1 Å². The van der Waals surface area contributed by atoms with Crippen LogP contribution >= 0.6 is 0 Å². The Morgan fingerprint density at radius 3 is 2.57 bits per heavy atom. The van der Waals surface area contributed by atoms with E-state index in [1.807, 2.05) is 0 Å². The molecule has 0 amide bonds. The van der Waals surface area contributed by atoms with Crippen molar-refractivity contribution < 1.29 is 0 Å². The normalized spacial score (nSPS) is 21.8. The molecule has 1 aliphatic rings. The van der Waals surface area contributed by atoms with E-state index in [1.54, 1.807) is 0 Å². The summed E-state index contributed by atoms with van der Waals surface area (Å²) in [5.74, 6) is 0. The molecule has 14 heavy (non-hydrogen) atoms. The number of piperidine rings is 1. The predicted octanol–water partition coefficient (Wildman–Crippen LogP) is 1.36. The van der Waals surface area contributed by atoms with Gasteiger partial charge in [0.2, 0.25) is 0 Å². The summed E-state index contributed by atoms with van der Waals surface area (Å²) in [6, 6.07) is 2.46. The smallest absolute Gasteiger partial charge is 0.109 e. The fourth-order valence-corrected chi connectivity index (χ4v) is 1.83. The van der Waals surface area contributed by atoms with Gasteiger partial charge in [0.1, 0.15) is 5.54 Å². The van der Waals surface area contributed by atoms with Crippen LogP contribution < -0.4 is 5.32 Å². The largest absolute Gasteiger partial charge is 0.306 e. The lowest BCUT2D eigenvalue weighted by atomic mass is 9.89. The Morgan fingerprint density at radius 2 is 2.07 bits per heavy atom. The molecule has 0 saturated carbocycles. The van der Waals surface area contributed by atoms with Crippen molar-refractivity contribution >= 4 is 0 Å². The third-order valence-electron chi connectivity index (χ3n) is 3.05. The van der Waals surface area contributed by atoms with Gasteiger partial charge in [0.25, 0.3) is 0 Å². The van der Waals surface area contributed by atoms with E-state index in [0.29, 0.717) is 0 Å². The lowest BCUT2D eigenvalue weighted by Gasteiger charge is -2.36. The average molecular weight is 195 g/mol. The van der Waals surface area contributed by atoms with E-state index < -0.39 is 0 Å². The summed E-state index contributed by atoms with van der Waals surface area (Å²) < 4.78 is 0. The molecule has 0 unspecified atom stereocenters. The number of rotatable bonds is 4. The summed E-state index contributed by atoms with van der Waals surface area (Å²) in [5, 5.41) is 12.6. The Kier molecular flexibility index (Phi) is 4.37. The standard InChI is InChI=1S/C11H21N3/c1-3-4-7-13-11(10-12)5-8-14(2)9-6-11/h13H,3-9H2,1-2H3. The minimum Gasteiger partial charge on any atom is -0.306 e. The first kappa shape index (κ1) is 11.5. The highest BCUT2D eigenvalue weighted by molar-refractivity contribution is 5.09. The van der Waals surface area contributed by atoms with Gasteiger partial charge in [-0.15, -0.1) is 0 Å². The third kappa shape index (κ3) is 2.97. The highest BCUT2D eigenvalue weighted by atomic mass is 15.1. The molecular formula is C11H21N3.